The van der Waals surface area contributed by atoms with Gasteiger partial charge in [0, 0.05) is 6.04 Å². The van der Waals surface area contributed by atoms with Crippen LogP contribution in [0.15, 0.2) is 47.4 Å². The number of benzene rings is 2. The van der Waals surface area contributed by atoms with Gasteiger partial charge in [-0.3, -0.25) is 0 Å². The molecule has 2 aromatic carbocycles. The Labute approximate surface area is 121 Å². The van der Waals surface area contributed by atoms with Gasteiger partial charge in [0.2, 0.25) is 10.0 Å². The molecule has 0 bridgehead atoms. The number of hydrogen-bond acceptors (Lipinski definition) is 3. The van der Waals surface area contributed by atoms with Crippen LogP contribution < -0.4 is 10.5 Å². The largest absolute Gasteiger partial charge is 0.376 e. The topological polar surface area (TPSA) is 72.2 Å². The fraction of sp³-hybridized carbons (Fsp3) is 0.143. The lowest BCUT2D eigenvalue weighted by atomic mass is 10.1. The molecular weight excluding hydrogens is 298 g/mol. The van der Waals surface area contributed by atoms with Gasteiger partial charge in [0.1, 0.15) is 11.6 Å². The van der Waals surface area contributed by atoms with Gasteiger partial charge in [0.25, 0.3) is 0 Å². The van der Waals surface area contributed by atoms with Gasteiger partial charge in [-0.05, 0) is 42.8 Å². The lowest BCUT2D eigenvalue weighted by Crippen LogP contribution is -2.14. The molecule has 112 valence electrons. The Kier molecular flexibility index (Phi) is 4.24. The van der Waals surface area contributed by atoms with E-state index in [1.165, 1.54) is 18.2 Å². The van der Waals surface area contributed by atoms with Gasteiger partial charge in [-0.25, -0.2) is 22.3 Å². The molecule has 0 aliphatic heterocycles. The van der Waals surface area contributed by atoms with Crippen molar-refractivity contribution in [3.63, 3.8) is 0 Å². The minimum absolute atomic E-state index is 0.00325. The highest BCUT2D eigenvalue weighted by atomic mass is 32.2. The summed E-state index contributed by atoms with van der Waals surface area (Å²) < 4.78 is 49.3. The van der Waals surface area contributed by atoms with E-state index in [4.69, 9.17) is 5.14 Å². The van der Waals surface area contributed by atoms with Crippen LogP contribution in [-0.2, 0) is 10.0 Å². The lowest BCUT2D eigenvalue weighted by Gasteiger charge is -2.17. The molecule has 0 radical (unpaired) electrons. The third-order valence-electron chi connectivity index (χ3n) is 2.99. The molecule has 1 atom stereocenters. The van der Waals surface area contributed by atoms with Gasteiger partial charge in [-0.2, -0.15) is 0 Å². The Morgan fingerprint density at radius 3 is 2.52 bits per heavy atom. The number of halogens is 2. The van der Waals surface area contributed by atoms with Crippen molar-refractivity contribution in [1.82, 2.24) is 0 Å². The summed E-state index contributed by atoms with van der Waals surface area (Å²) in [4.78, 5) is -0.0339. The van der Waals surface area contributed by atoms with E-state index in [2.05, 4.69) is 5.32 Å². The molecule has 1 unspecified atom stereocenters. The first kappa shape index (κ1) is 15.4. The molecule has 0 saturated carbocycles. The summed E-state index contributed by atoms with van der Waals surface area (Å²) in [6.07, 6.45) is 0. The molecule has 0 aromatic heterocycles. The van der Waals surface area contributed by atoms with Gasteiger partial charge in [-0.1, -0.05) is 12.1 Å². The maximum absolute atomic E-state index is 13.6. The van der Waals surface area contributed by atoms with Gasteiger partial charge in [0.15, 0.2) is 0 Å². The molecule has 0 aliphatic carbocycles. The van der Waals surface area contributed by atoms with E-state index in [9.17, 15) is 17.2 Å². The molecule has 0 heterocycles. The number of primary sulfonamides is 1. The first-order chi connectivity index (χ1) is 9.77. The normalized spacial score (nSPS) is 13.0. The minimum Gasteiger partial charge on any atom is -0.376 e. The van der Waals surface area contributed by atoms with Crippen molar-refractivity contribution in [2.75, 3.05) is 5.32 Å². The Balaban J connectivity index is 2.28. The van der Waals surface area contributed by atoms with E-state index in [-0.39, 0.29) is 10.6 Å². The van der Waals surface area contributed by atoms with Crippen molar-refractivity contribution in [2.24, 2.45) is 5.14 Å². The lowest BCUT2D eigenvalue weighted by molar-refractivity contribution is 0.597. The summed E-state index contributed by atoms with van der Waals surface area (Å²) in [6, 6.07) is 8.62. The smallest absolute Gasteiger partial charge is 0.238 e. The van der Waals surface area contributed by atoms with Crippen molar-refractivity contribution in [3.8, 4) is 0 Å². The maximum atomic E-state index is 13.6. The highest BCUT2D eigenvalue weighted by molar-refractivity contribution is 7.89. The van der Waals surface area contributed by atoms with Crippen LogP contribution in [0.3, 0.4) is 0 Å². The number of anilines is 1. The fourth-order valence-electron chi connectivity index (χ4n) is 1.89. The van der Waals surface area contributed by atoms with Crippen LogP contribution in [0.1, 0.15) is 18.5 Å². The molecular formula is C14H14F2N2O2S. The summed E-state index contributed by atoms with van der Waals surface area (Å²) in [7, 11) is -3.81. The first-order valence-corrected chi connectivity index (χ1v) is 7.66. The van der Waals surface area contributed by atoms with E-state index in [0.717, 1.165) is 18.2 Å². The predicted octanol–water partition coefficient (Wildman–Crippen LogP) is 2.79. The molecule has 2 rings (SSSR count). The van der Waals surface area contributed by atoms with Crippen LogP contribution >= 0.6 is 0 Å². The van der Waals surface area contributed by atoms with Crippen LogP contribution in [-0.4, -0.2) is 8.42 Å². The van der Waals surface area contributed by atoms with E-state index in [1.54, 1.807) is 13.0 Å². The minimum atomic E-state index is -3.81. The zero-order valence-electron chi connectivity index (χ0n) is 11.2. The molecule has 7 heteroatoms. The molecule has 0 fully saturated rings. The molecule has 2 aromatic rings. The summed E-state index contributed by atoms with van der Waals surface area (Å²) in [5, 5.41) is 7.86. The number of rotatable bonds is 4. The fourth-order valence-corrected chi connectivity index (χ4v) is 2.45. The van der Waals surface area contributed by atoms with Crippen LogP contribution in [0, 0.1) is 11.6 Å². The summed E-state index contributed by atoms with van der Waals surface area (Å²) in [5.41, 5.74) is 0.591. The van der Waals surface area contributed by atoms with E-state index in [0.29, 0.717) is 5.56 Å². The molecule has 0 aliphatic rings. The highest BCUT2D eigenvalue weighted by Gasteiger charge is 2.13. The van der Waals surface area contributed by atoms with Gasteiger partial charge in [0.05, 0.1) is 10.6 Å². The third-order valence-corrected chi connectivity index (χ3v) is 3.90. The zero-order valence-corrected chi connectivity index (χ0v) is 12.0. The number of nitrogens with one attached hydrogen (secondary N) is 1. The zero-order chi connectivity index (χ0) is 15.6. The Bertz CT molecular complexity index is 763. The van der Waals surface area contributed by atoms with Crippen molar-refractivity contribution in [3.05, 3.63) is 59.7 Å². The van der Waals surface area contributed by atoms with Gasteiger partial charge >= 0.3 is 0 Å². The Hall–Kier alpha value is -1.99. The highest BCUT2D eigenvalue weighted by Crippen LogP contribution is 2.23. The maximum Gasteiger partial charge on any atom is 0.238 e. The second-order valence-electron chi connectivity index (χ2n) is 4.61. The van der Waals surface area contributed by atoms with Crippen LogP contribution in [0.25, 0.3) is 0 Å². The molecule has 3 N–H and O–H groups in total. The van der Waals surface area contributed by atoms with E-state index >= 15 is 0 Å². The number of sulfonamides is 1. The average molecular weight is 312 g/mol. The molecule has 21 heavy (non-hydrogen) atoms. The van der Waals surface area contributed by atoms with Crippen molar-refractivity contribution < 1.29 is 17.2 Å². The standard InChI is InChI=1S/C14H14F2N2O2S/c1-9(18-14-8-11(15)5-6-13(14)16)10-3-2-4-12(7-10)21(17,19)20/h2-9,18H,1H3,(H2,17,19,20). The molecule has 0 spiro atoms. The van der Waals surface area contributed by atoms with Gasteiger partial charge in [-0.15, -0.1) is 0 Å². The third kappa shape index (κ3) is 3.77. The Morgan fingerprint density at radius 1 is 1.14 bits per heavy atom. The first-order valence-electron chi connectivity index (χ1n) is 6.12. The average Bonchev–Trinajstić information content (AvgIpc) is 2.42. The predicted molar refractivity (Wildman–Crippen MR) is 76.2 cm³/mol. The van der Waals surface area contributed by atoms with E-state index in [1.807, 2.05) is 0 Å². The summed E-state index contributed by atoms with van der Waals surface area (Å²) in [6.45, 7) is 1.70. The molecule has 0 amide bonds. The van der Waals surface area contributed by atoms with Crippen molar-refractivity contribution in [2.45, 2.75) is 17.9 Å². The number of hydrogen-bond donors (Lipinski definition) is 2. The summed E-state index contributed by atoms with van der Waals surface area (Å²) >= 11 is 0. The SMILES string of the molecule is CC(Nc1cc(F)ccc1F)c1cccc(S(N)(=O)=O)c1. The van der Waals surface area contributed by atoms with Crippen LogP contribution in [0.4, 0.5) is 14.5 Å². The second-order valence-corrected chi connectivity index (χ2v) is 6.17. The molecule has 4 nitrogen and oxygen atoms in total. The van der Waals surface area contributed by atoms with E-state index < -0.39 is 27.7 Å². The van der Waals surface area contributed by atoms with Gasteiger partial charge < -0.3 is 5.32 Å². The van der Waals surface area contributed by atoms with Crippen LogP contribution in [0.5, 0.6) is 0 Å². The van der Waals surface area contributed by atoms with Crippen molar-refractivity contribution in [1.29, 1.82) is 0 Å². The molecule has 0 saturated heterocycles. The van der Waals surface area contributed by atoms with Crippen LogP contribution in [0.2, 0.25) is 0 Å². The monoisotopic (exact) mass is 312 g/mol. The summed E-state index contributed by atoms with van der Waals surface area (Å²) in [5.74, 6) is -1.16. The second kappa shape index (κ2) is 5.79. The number of nitrogens with two attached hydrogens (primary N) is 1. The van der Waals surface area contributed by atoms with Crippen molar-refractivity contribution >= 4 is 15.7 Å². The quantitative estimate of drug-likeness (QED) is 0.912. The Morgan fingerprint density at radius 2 is 1.86 bits per heavy atom.